The maximum Gasteiger partial charge on any atom is 0.326 e. The number of carboxylic acids is 1. The molecule has 7 heteroatoms. The van der Waals surface area contributed by atoms with Crippen LogP contribution in [0.15, 0.2) is 6.07 Å². The average molecular weight is 336 g/mol. The molecular formula is C13H15Cl2NO3S. The topological polar surface area (TPSA) is 66.4 Å². The zero-order valence-electron chi connectivity index (χ0n) is 10.7. The molecule has 0 saturated heterocycles. The molecule has 0 aromatic carbocycles. The molecule has 1 aromatic heterocycles. The van der Waals surface area contributed by atoms with E-state index < -0.39 is 17.9 Å². The third kappa shape index (κ3) is 3.65. The fourth-order valence-electron chi connectivity index (χ4n) is 2.56. The van der Waals surface area contributed by atoms with Gasteiger partial charge in [0.15, 0.2) is 0 Å². The molecule has 0 aliphatic heterocycles. The largest absolute Gasteiger partial charge is 0.480 e. The smallest absolute Gasteiger partial charge is 0.326 e. The first kappa shape index (κ1) is 15.6. The van der Waals surface area contributed by atoms with Crippen molar-refractivity contribution in [2.45, 2.75) is 38.1 Å². The van der Waals surface area contributed by atoms with Crippen LogP contribution in [0.4, 0.5) is 0 Å². The lowest BCUT2D eigenvalue weighted by Crippen LogP contribution is -2.46. The number of aliphatic carboxylic acids is 1. The van der Waals surface area contributed by atoms with Crippen molar-refractivity contribution in [2.24, 2.45) is 5.92 Å². The molecule has 0 radical (unpaired) electrons. The number of halogens is 2. The Morgan fingerprint density at radius 3 is 2.45 bits per heavy atom. The van der Waals surface area contributed by atoms with Gasteiger partial charge in [-0.3, -0.25) is 4.79 Å². The van der Waals surface area contributed by atoms with Gasteiger partial charge in [0.1, 0.15) is 10.4 Å². The van der Waals surface area contributed by atoms with Crippen LogP contribution >= 0.6 is 34.5 Å². The first-order valence-corrected chi connectivity index (χ1v) is 8.05. The maximum atomic E-state index is 12.1. The Bertz CT molecular complexity index is 512. The zero-order valence-corrected chi connectivity index (χ0v) is 13.0. The quantitative estimate of drug-likeness (QED) is 0.878. The van der Waals surface area contributed by atoms with E-state index in [-0.39, 0.29) is 15.8 Å². The molecule has 4 nitrogen and oxygen atoms in total. The Labute approximate surface area is 131 Å². The van der Waals surface area contributed by atoms with Gasteiger partial charge in [-0.15, -0.1) is 11.3 Å². The SMILES string of the molecule is O=C(NC(C(=O)O)C1CCCCC1)c1cc(Cl)sc1Cl. The van der Waals surface area contributed by atoms with Crippen molar-refractivity contribution in [3.63, 3.8) is 0 Å². The van der Waals surface area contributed by atoms with Crippen LogP contribution in [-0.4, -0.2) is 23.0 Å². The summed E-state index contributed by atoms with van der Waals surface area (Å²) in [5.74, 6) is -1.49. The molecule has 1 aliphatic rings. The highest BCUT2D eigenvalue weighted by molar-refractivity contribution is 7.20. The van der Waals surface area contributed by atoms with Gasteiger partial charge in [0.05, 0.1) is 9.90 Å². The van der Waals surface area contributed by atoms with E-state index in [1.165, 1.54) is 6.07 Å². The van der Waals surface area contributed by atoms with Crippen molar-refractivity contribution < 1.29 is 14.7 Å². The Morgan fingerprint density at radius 1 is 1.30 bits per heavy atom. The van der Waals surface area contributed by atoms with Gasteiger partial charge < -0.3 is 10.4 Å². The number of carbonyl (C=O) groups is 2. The number of carbonyl (C=O) groups excluding carboxylic acids is 1. The number of hydrogen-bond acceptors (Lipinski definition) is 3. The second kappa shape index (κ2) is 6.78. The van der Waals surface area contributed by atoms with E-state index in [1.54, 1.807) is 0 Å². The second-order valence-electron chi connectivity index (χ2n) is 4.93. The third-order valence-corrected chi connectivity index (χ3v) is 5.06. The predicted molar refractivity (Wildman–Crippen MR) is 79.8 cm³/mol. The third-order valence-electron chi connectivity index (χ3n) is 3.58. The summed E-state index contributed by atoms with van der Waals surface area (Å²) in [6, 6.07) is 0.599. The lowest BCUT2D eigenvalue weighted by atomic mass is 9.84. The Kier molecular flexibility index (Phi) is 5.29. The molecule has 1 heterocycles. The molecule has 2 rings (SSSR count). The van der Waals surface area contributed by atoms with Gasteiger partial charge >= 0.3 is 5.97 Å². The first-order chi connectivity index (χ1) is 9.49. The highest BCUT2D eigenvalue weighted by Gasteiger charge is 2.31. The standard InChI is InChI=1S/C13H15Cl2NO3S/c14-9-6-8(11(15)20-9)12(17)16-10(13(18)19)7-4-2-1-3-5-7/h6-7,10H,1-5H2,(H,16,17)(H,18,19). The fourth-order valence-corrected chi connectivity index (χ4v) is 4.02. The van der Waals surface area contributed by atoms with Gasteiger partial charge in [-0.2, -0.15) is 0 Å². The van der Waals surface area contributed by atoms with E-state index in [2.05, 4.69) is 5.32 Å². The van der Waals surface area contributed by atoms with Gasteiger partial charge in [0.25, 0.3) is 5.91 Å². The molecule has 2 N–H and O–H groups in total. The molecular weight excluding hydrogens is 321 g/mol. The summed E-state index contributed by atoms with van der Waals surface area (Å²) in [5, 5.41) is 11.9. The number of rotatable bonds is 4. The number of carboxylic acid groups (broad SMARTS) is 1. The molecule has 1 atom stereocenters. The lowest BCUT2D eigenvalue weighted by molar-refractivity contribution is -0.141. The number of hydrogen-bond donors (Lipinski definition) is 2. The lowest BCUT2D eigenvalue weighted by Gasteiger charge is -2.27. The summed E-state index contributed by atoms with van der Waals surface area (Å²) in [4.78, 5) is 23.5. The minimum Gasteiger partial charge on any atom is -0.480 e. The van der Waals surface area contributed by atoms with E-state index in [0.29, 0.717) is 4.34 Å². The zero-order chi connectivity index (χ0) is 14.7. The van der Waals surface area contributed by atoms with Crippen LogP contribution in [0.2, 0.25) is 8.67 Å². The molecule has 1 aliphatic carbocycles. The number of nitrogens with one attached hydrogen (secondary N) is 1. The predicted octanol–water partition coefficient (Wildman–Crippen LogP) is 3.82. The van der Waals surface area contributed by atoms with Crippen molar-refractivity contribution >= 4 is 46.4 Å². The van der Waals surface area contributed by atoms with Crippen molar-refractivity contribution in [3.05, 3.63) is 20.3 Å². The Hall–Kier alpha value is -0.780. The summed E-state index contributed by atoms with van der Waals surface area (Å²) in [7, 11) is 0. The monoisotopic (exact) mass is 335 g/mol. The van der Waals surface area contributed by atoms with Gasteiger partial charge in [-0.05, 0) is 24.8 Å². The molecule has 1 unspecified atom stereocenters. The normalized spacial score (nSPS) is 17.7. The molecule has 0 spiro atoms. The minimum atomic E-state index is -0.998. The molecule has 1 amide bonds. The maximum absolute atomic E-state index is 12.1. The molecule has 110 valence electrons. The van der Waals surface area contributed by atoms with E-state index >= 15 is 0 Å². The molecule has 0 bridgehead atoms. The fraction of sp³-hybridized carbons (Fsp3) is 0.538. The van der Waals surface area contributed by atoms with E-state index in [0.717, 1.165) is 43.4 Å². The summed E-state index contributed by atoms with van der Waals surface area (Å²) in [6.45, 7) is 0. The van der Waals surface area contributed by atoms with Crippen molar-refractivity contribution in [2.75, 3.05) is 0 Å². The second-order valence-corrected chi connectivity index (χ2v) is 7.21. The Balaban J connectivity index is 2.09. The van der Waals surface area contributed by atoms with Gasteiger partial charge in [0, 0.05) is 0 Å². The van der Waals surface area contributed by atoms with E-state index in [9.17, 15) is 14.7 Å². The van der Waals surface area contributed by atoms with Gasteiger partial charge in [0.2, 0.25) is 0 Å². The highest BCUT2D eigenvalue weighted by Crippen LogP contribution is 2.32. The van der Waals surface area contributed by atoms with Crippen LogP contribution in [0, 0.1) is 5.92 Å². The summed E-state index contributed by atoms with van der Waals surface area (Å²) in [5.41, 5.74) is 0.240. The molecule has 1 aromatic rings. The Morgan fingerprint density at radius 2 is 1.95 bits per heavy atom. The van der Waals surface area contributed by atoms with Crippen molar-refractivity contribution in [1.29, 1.82) is 0 Å². The summed E-state index contributed by atoms with van der Waals surface area (Å²) >= 11 is 12.8. The van der Waals surface area contributed by atoms with Crippen molar-refractivity contribution in [1.82, 2.24) is 5.32 Å². The molecule has 20 heavy (non-hydrogen) atoms. The van der Waals surface area contributed by atoms with E-state index in [4.69, 9.17) is 23.2 Å². The summed E-state index contributed by atoms with van der Waals surface area (Å²) in [6.07, 6.45) is 4.80. The van der Waals surface area contributed by atoms with Crippen LogP contribution in [0.5, 0.6) is 0 Å². The van der Waals surface area contributed by atoms with E-state index in [1.807, 2.05) is 0 Å². The number of amides is 1. The van der Waals surface area contributed by atoms with Crippen LogP contribution in [0.25, 0.3) is 0 Å². The van der Waals surface area contributed by atoms with Crippen LogP contribution < -0.4 is 5.32 Å². The van der Waals surface area contributed by atoms with Crippen LogP contribution in [0.3, 0.4) is 0 Å². The first-order valence-electron chi connectivity index (χ1n) is 6.47. The highest BCUT2D eigenvalue weighted by atomic mass is 35.5. The average Bonchev–Trinajstić information content (AvgIpc) is 2.75. The molecule has 1 fully saturated rings. The minimum absolute atomic E-state index is 0.0157. The van der Waals surface area contributed by atoms with Gasteiger partial charge in [-0.25, -0.2) is 4.79 Å². The molecule has 1 saturated carbocycles. The van der Waals surface area contributed by atoms with Gasteiger partial charge in [-0.1, -0.05) is 42.5 Å². The van der Waals surface area contributed by atoms with Crippen LogP contribution in [-0.2, 0) is 4.79 Å². The van der Waals surface area contributed by atoms with Crippen LogP contribution in [0.1, 0.15) is 42.5 Å². The number of thiophene rings is 1. The van der Waals surface area contributed by atoms with Crippen molar-refractivity contribution in [3.8, 4) is 0 Å². The summed E-state index contributed by atoms with van der Waals surface area (Å²) < 4.78 is 0.685.